The van der Waals surface area contributed by atoms with Crippen LogP contribution in [0.5, 0.6) is 0 Å². The van der Waals surface area contributed by atoms with Crippen LogP contribution in [-0.4, -0.2) is 32.7 Å². The molecule has 0 atom stereocenters. The molecule has 9 heteroatoms. The lowest BCUT2D eigenvalue weighted by atomic mass is 10.2. The molecule has 0 aliphatic carbocycles. The molecule has 0 saturated heterocycles. The monoisotopic (exact) mass is 351 g/mol. The Morgan fingerprint density at radius 1 is 1.37 bits per heavy atom. The summed E-state index contributed by atoms with van der Waals surface area (Å²) >= 11 is 3.24. The third-order valence-corrected chi connectivity index (χ3v) is 3.41. The number of anilines is 1. The summed E-state index contributed by atoms with van der Waals surface area (Å²) < 4.78 is 24.7. The van der Waals surface area contributed by atoms with Gasteiger partial charge in [0.05, 0.1) is 11.2 Å². The smallest absolute Gasteiger partial charge is 0.292 e. The summed E-state index contributed by atoms with van der Waals surface area (Å²) in [5.41, 5.74) is 0.387. The highest BCUT2D eigenvalue weighted by atomic mass is 79.9. The van der Waals surface area contributed by atoms with Gasteiger partial charge >= 0.3 is 0 Å². The Hall–Kier alpha value is -1.19. The van der Waals surface area contributed by atoms with Crippen molar-refractivity contribution < 1.29 is 13.3 Å². The second kappa shape index (κ2) is 6.83. The first kappa shape index (κ1) is 15.9. The summed E-state index contributed by atoms with van der Waals surface area (Å²) in [5, 5.41) is 13.7. The van der Waals surface area contributed by atoms with E-state index >= 15 is 0 Å². The van der Waals surface area contributed by atoms with Gasteiger partial charge in [0.15, 0.2) is 0 Å². The third-order valence-electron chi connectivity index (χ3n) is 2.19. The van der Waals surface area contributed by atoms with Crippen molar-refractivity contribution in [2.75, 3.05) is 24.7 Å². The molecular formula is C10H14BrN3O4S. The molecule has 0 aliphatic rings. The zero-order valence-electron chi connectivity index (χ0n) is 10.2. The lowest BCUT2D eigenvalue weighted by Gasteiger charge is -2.07. The highest BCUT2D eigenvalue weighted by Crippen LogP contribution is 2.27. The van der Waals surface area contributed by atoms with Gasteiger partial charge in [-0.25, -0.2) is 13.1 Å². The largest absolute Gasteiger partial charge is 0.379 e. The maximum Gasteiger partial charge on any atom is 0.292 e. The maximum atomic E-state index is 10.8. The van der Waals surface area contributed by atoms with E-state index in [0.717, 1.165) is 10.7 Å². The van der Waals surface area contributed by atoms with Gasteiger partial charge in [-0.05, 0) is 18.6 Å². The Kier molecular flexibility index (Phi) is 5.70. The van der Waals surface area contributed by atoms with E-state index in [9.17, 15) is 18.5 Å². The van der Waals surface area contributed by atoms with E-state index in [1.54, 1.807) is 12.1 Å². The van der Waals surface area contributed by atoms with Crippen LogP contribution in [0.2, 0.25) is 0 Å². The van der Waals surface area contributed by atoms with Crippen LogP contribution in [0.25, 0.3) is 0 Å². The molecule has 1 aromatic carbocycles. The second-order valence-corrected chi connectivity index (χ2v) is 6.61. The molecule has 1 aromatic rings. The number of halogens is 1. The predicted molar refractivity (Wildman–Crippen MR) is 76.7 cm³/mol. The minimum atomic E-state index is -3.19. The summed E-state index contributed by atoms with van der Waals surface area (Å²) in [6.45, 7) is 0.716. The van der Waals surface area contributed by atoms with Crippen molar-refractivity contribution >= 4 is 37.3 Å². The fourth-order valence-electron chi connectivity index (χ4n) is 1.38. The molecule has 0 amide bonds. The number of nitrogens with zero attached hydrogens (tertiary/aromatic N) is 1. The molecule has 0 bridgehead atoms. The Labute approximate surface area is 119 Å². The van der Waals surface area contributed by atoms with Crippen molar-refractivity contribution in [3.63, 3.8) is 0 Å². The van der Waals surface area contributed by atoms with Gasteiger partial charge in [0.2, 0.25) is 10.0 Å². The number of hydrogen-bond donors (Lipinski definition) is 2. The fraction of sp³-hybridized carbons (Fsp3) is 0.400. The lowest BCUT2D eigenvalue weighted by Crippen LogP contribution is -2.24. The van der Waals surface area contributed by atoms with E-state index in [-0.39, 0.29) is 12.2 Å². The van der Waals surface area contributed by atoms with Gasteiger partial charge in [-0.1, -0.05) is 15.9 Å². The normalized spacial score (nSPS) is 11.3. The van der Waals surface area contributed by atoms with Crippen LogP contribution >= 0.6 is 15.9 Å². The lowest BCUT2D eigenvalue weighted by molar-refractivity contribution is -0.384. The molecule has 0 aliphatic heterocycles. The van der Waals surface area contributed by atoms with Crippen molar-refractivity contribution in [2.24, 2.45) is 0 Å². The Bertz CT molecular complexity index is 562. The summed E-state index contributed by atoms with van der Waals surface area (Å²) in [5.74, 6) is 0. The van der Waals surface area contributed by atoms with Gasteiger partial charge in [-0.3, -0.25) is 10.1 Å². The molecule has 0 fully saturated rings. The van der Waals surface area contributed by atoms with Crippen LogP contribution < -0.4 is 10.0 Å². The van der Waals surface area contributed by atoms with Crippen molar-refractivity contribution in [3.05, 3.63) is 32.8 Å². The van der Waals surface area contributed by atoms with Gasteiger partial charge in [-0.15, -0.1) is 0 Å². The Balaban J connectivity index is 2.53. The molecule has 0 spiro atoms. The summed E-state index contributed by atoms with van der Waals surface area (Å²) in [4.78, 5) is 10.3. The van der Waals surface area contributed by atoms with Crippen molar-refractivity contribution in [2.45, 2.75) is 6.42 Å². The number of rotatable bonds is 7. The molecule has 7 nitrogen and oxygen atoms in total. The van der Waals surface area contributed by atoms with Crippen LogP contribution in [0.1, 0.15) is 6.42 Å². The minimum Gasteiger partial charge on any atom is -0.379 e. The van der Waals surface area contributed by atoms with E-state index < -0.39 is 14.9 Å². The van der Waals surface area contributed by atoms with Crippen LogP contribution in [-0.2, 0) is 10.0 Å². The quantitative estimate of drug-likeness (QED) is 0.442. The summed E-state index contributed by atoms with van der Waals surface area (Å²) in [6.07, 6.45) is 1.61. The molecule has 0 radical (unpaired) electrons. The zero-order chi connectivity index (χ0) is 14.5. The average Bonchev–Trinajstić information content (AvgIpc) is 2.26. The molecule has 0 aromatic heterocycles. The first-order valence-electron chi connectivity index (χ1n) is 5.42. The van der Waals surface area contributed by atoms with E-state index in [0.29, 0.717) is 18.7 Å². The van der Waals surface area contributed by atoms with Gasteiger partial charge in [0, 0.05) is 23.6 Å². The topological polar surface area (TPSA) is 101 Å². The number of benzene rings is 1. The number of hydrogen-bond acceptors (Lipinski definition) is 5. The molecule has 0 saturated carbocycles. The van der Waals surface area contributed by atoms with E-state index in [1.165, 1.54) is 6.07 Å². The highest BCUT2D eigenvalue weighted by Gasteiger charge is 2.13. The average molecular weight is 352 g/mol. The summed E-state index contributed by atoms with van der Waals surface area (Å²) in [7, 11) is -3.19. The standard InChI is InChI=1S/C10H14BrN3O4S/c1-19(17,18)13-6-2-5-12-9-7-8(11)3-4-10(9)14(15)16/h3-4,7,12-13H,2,5-6H2,1H3. The van der Waals surface area contributed by atoms with Crippen molar-refractivity contribution in [3.8, 4) is 0 Å². The van der Waals surface area contributed by atoms with Crippen LogP contribution in [0, 0.1) is 10.1 Å². The zero-order valence-corrected chi connectivity index (χ0v) is 12.6. The fourth-order valence-corrected chi connectivity index (χ4v) is 2.25. The van der Waals surface area contributed by atoms with Gasteiger partial charge < -0.3 is 5.32 Å². The molecule has 0 unspecified atom stereocenters. The first-order valence-corrected chi connectivity index (χ1v) is 8.10. The molecule has 19 heavy (non-hydrogen) atoms. The predicted octanol–water partition coefficient (Wildman–Crippen LogP) is 1.71. The van der Waals surface area contributed by atoms with Crippen LogP contribution in [0.15, 0.2) is 22.7 Å². The number of nitro groups is 1. The van der Waals surface area contributed by atoms with Gasteiger partial charge in [-0.2, -0.15) is 0 Å². The molecular weight excluding hydrogens is 338 g/mol. The molecule has 0 heterocycles. The van der Waals surface area contributed by atoms with Gasteiger partial charge in [0.1, 0.15) is 5.69 Å². The molecule has 106 valence electrons. The van der Waals surface area contributed by atoms with E-state index in [4.69, 9.17) is 0 Å². The van der Waals surface area contributed by atoms with Gasteiger partial charge in [0.25, 0.3) is 5.69 Å². The van der Waals surface area contributed by atoms with Crippen LogP contribution in [0.3, 0.4) is 0 Å². The third kappa shape index (κ3) is 5.99. The number of nitro benzene ring substituents is 1. The maximum absolute atomic E-state index is 10.8. The van der Waals surface area contributed by atoms with E-state index in [2.05, 4.69) is 26.0 Å². The number of sulfonamides is 1. The first-order chi connectivity index (χ1) is 8.79. The number of nitrogens with one attached hydrogen (secondary N) is 2. The Morgan fingerprint density at radius 3 is 2.63 bits per heavy atom. The SMILES string of the molecule is CS(=O)(=O)NCCCNc1cc(Br)ccc1[N+](=O)[O-]. The molecule has 2 N–H and O–H groups in total. The van der Waals surface area contributed by atoms with Crippen molar-refractivity contribution in [1.82, 2.24) is 4.72 Å². The van der Waals surface area contributed by atoms with E-state index in [1.807, 2.05) is 0 Å². The van der Waals surface area contributed by atoms with Crippen molar-refractivity contribution in [1.29, 1.82) is 0 Å². The van der Waals surface area contributed by atoms with Crippen LogP contribution in [0.4, 0.5) is 11.4 Å². The minimum absolute atomic E-state index is 0.0146. The summed E-state index contributed by atoms with van der Waals surface area (Å²) in [6, 6.07) is 4.61. The second-order valence-electron chi connectivity index (χ2n) is 3.87. The highest BCUT2D eigenvalue weighted by molar-refractivity contribution is 9.10. The molecule has 1 rings (SSSR count). The Morgan fingerprint density at radius 2 is 2.05 bits per heavy atom.